The first-order valence-corrected chi connectivity index (χ1v) is 3.97. The molecule has 0 aliphatic heterocycles. The molecule has 0 aromatic carbocycles. The van der Waals surface area contributed by atoms with E-state index in [9.17, 15) is 12.3 Å². The third-order valence-corrected chi connectivity index (χ3v) is 1.66. The molecule has 1 unspecified atom stereocenters. The lowest BCUT2D eigenvalue weighted by Gasteiger charge is -1.93. The van der Waals surface area contributed by atoms with Crippen LogP contribution < -0.4 is 0 Å². The van der Waals surface area contributed by atoms with Gasteiger partial charge in [-0.1, -0.05) is 0 Å². The summed E-state index contributed by atoms with van der Waals surface area (Å²) in [4.78, 5) is 0. The van der Waals surface area contributed by atoms with Crippen molar-refractivity contribution in [2.24, 2.45) is 0 Å². The van der Waals surface area contributed by atoms with Crippen molar-refractivity contribution in [3.8, 4) is 0 Å². The van der Waals surface area contributed by atoms with Gasteiger partial charge in [0.2, 0.25) is 0 Å². The molecule has 0 saturated carbocycles. The topological polar surface area (TPSA) is 34.1 Å². The van der Waals surface area contributed by atoms with Gasteiger partial charge in [0.1, 0.15) is 0 Å². The third-order valence-electron chi connectivity index (χ3n) is 0.429. The zero-order valence-corrected chi connectivity index (χ0v) is 5.84. The van der Waals surface area contributed by atoms with Crippen molar-refractivity contribution < 1.29 is 12.3 Å². The average molecular weight is 161 g/mol. The van der Waals surface area contributed by atoms with E-state index in [1.54, 1.807) is 0 Å². The molecule has 0 aromatic heterocycles. The molecule has 0 N–H and O–H groups in total. The van der Waals surface area contributed by atoms with Crippen molar-refractivity contribution in [3.63, 3.8) is 0 Å². The predicted octanol–water partition coefficient (Wildman–Crippen LogP) is 0.913. The van der Waals surface area contributed by atoms with Crippen LogP contribution in [0.25, 0.3) is 0 Å². The minimum absolute atomic E-state index is 0.603. The minimum Gasteiger partial charge on any atom is -0.195 e. The Morgan fingerprint density at radius 2 is 2.12 bits per heavy atom. The molecule has 0 amide bonds. The SMILES string of the molecule is CC(Cl)CS(=O)(=O)F. The van der Waals surface area contributed by atoms with E-state index in [0.29, 0.717) is 0 Å². The van der Waals surface area contributed by atoms with Crippen molar-refractivity contribution in [1.29, 1.82) is 0 Å². The fourth-order valence-corrected chi connectivity index (χ4v) is 1.27. The Bertz CT molecular complexity index is 151. The van der Waals surface area contributed by atoms with Crippen LogP contribution in [0.2, 0.25) is 0 Å². The molecule has 0 saturated heterocycles. The molecule has 0 spiro atoms. The quantitative estimate of drug-likeness (QED) is 0.445. The molecule has 0 radical (unpaired) electrons. The molecule has 0 aliphatic rings. The molecule has 50 valence electrons. The van der Waals surface area contributed by atoms with Gasteiger partial charge in [-0.05, 0) is 6.92 Å². The summed E-state index contributed by atoms with van der Waals surface area (Å²) in [6.07, 6.45) is 0. The number of hydrogen-bond acceptors (Lipinski definition) is 2. The minimum atomic E-state index is -4.36. The van der Waals surface area contributed by atoms with Crippen molar-refractivity contribution in [2.45, 2.75) is 12.3 Å². The highest BCUT2D eigenvalue weighted by Gasteiger charge is 2.10. The van der Waals surface area contributed by atoms with E-state index in [-0.39, 0.29) is 0 Å². The van der Waals surface area contributed by atoms with Crippen molar-refractivity contribution in [3.05, 3.63) is 0 Å². The normalized spacial score (nSPS) is 15.9. The number of rotatable bonds is 2. The van der Waals surface area contributed by atoms with Gasteiger partial charge in [-0.25, -0.2) is 0 Å². The van der Waals surface area contributed by atoms with Crippen LogP contribution in [0.1, 0.15) is 6.92 Å². The van der Waals surface area contributed by atoms with E-state index in [1.807, 2.05) is 0 Å². The van der Waals surface area contributed by atoms with Crippen molar-refractivity contribution in [1.82, 2.24) is 0 Å². The van der Waals surface area contributed by atoms with Crippen LogP contribution in [0.3, 0.4) is 0 Å². The summed E-state index contributed by atoms with van der Waals surface area (Å²) in [5.41, 5.74) is 0. The maximum absolute atomic E-state index is 11.5. The van der Waals surface area contributed by atoms with Gasteiger partial charge in [0.15, 0.2) is 0 Å². The van der Waals surface area contributed by atoms with Gasteiger partial charge in [0.25, 0.3) is 0 Å². The van der Waals surface area contributed by atoms with Gasteiger partial charge >= 0.3 is 10.2 Å². The van der Waals surface area contributed by atoms with Crippen LogP contribution in [0.5, 0.6) is 0 Å². The van der Waals surface area contributed by atoms with Crippen LogP contribution >= 0.6 is 11.6 Å². The Morgan fingerprint density at radius 3 is 2.12 bits per heavy atom. The zero-order valence-electron chi connectivity index (χ0n) is 4.27. The van der Waals surface area contributed by atoms with E-state index in [2.05, 4.69) is 0 Å². The fourth-order valence-electron chi connectivity index (χ4n) is 0.274. The van der Waals surface area contributed by atoms with E-state index < -0.39 is 21.4 Å². The first-order valence-electron chi connectivity index (χ1n) is 1.98. The molecule has 8 heavy (non-hydrogen) atoms. The highest BCUT2D eigenvalue weighted by Crippen LogP contribution is 2.00. The molecule has 0 aliphatic carbocycles. The summed E-state index contributed by atoms with van der Waals surface area (Å²) in [5, 5.41) is -0.648. The zero-order chi connectivity index (χ0) is 6.78. The fraction of sp³-hybridized carbons (Fsp3) is 1.00. The first-order chi connectivity index (χ1) is 3.42. The Kier molecular flexibility index (Phi) is 2.70. The third kappa shape index (κ3) is 6.17. The van der Waals surface area contributed by atoms with Gasteiger partial charge < -0.3 is 0 Å². The first kappa shape index (κ1) is 8.17. The van der Waals surface area contributed by atoms with Gasteiger partial charge in [-0.3, -0.25) is 0 Å². The Labute approximate surface area is 52.9 Å². The van der Waals surface area contributed by atoms with Gasteiger partial charge in [0, 0.05) is 5.38 Å². The largest absolute Gasteiger partial charge is 0.303 e. The van der Waals surface area contributed by atoms with Gasteiger partial charge in [-0.15, -0.1) is 15.5 Å². The second-order valence-corrected chi connectivity index (χ2v) is 3.64. The average Bonchev–Trinajstić information content (AvgIpc) is 1.21. The van der Waals surface area contributed by atoms with Crippen LogP contribution in [0.15, 0.2) is 0 Å². The van der Waals surface area contributed by atoms with Crippen molar-refractivity contribution in [2.75, 3.05) is 5.75 Å². The van der Waals surface area contributed by atoms with Crippen LogP contribution in [-0.2, 0) is 10.2 Å². The van der Waals surface area contributed by atoms with E-state index in [4.69, 9.17) is 11.6 Å². The maximum atomic E-state index is 11.5. The Morgan fingerprint density at radius 1 is 1.75 bits per heavy atom. The van der Waals surface area contributed by atoms with Crippen LogP contribution in [0.4, 0.5) is 3.89 Å². The summed E-state index contributed by atoms with van der Waals surface area (Å²) >= 11 is 5.14. The standard InChI is InChI=1S/C3H6ClFO2S/c1-3(4)2-8(5,6)7/h3H,2H2,1H3. The van der Waals surface area contributed by atoms with E-state index in [0.717, 1.165) is 0 Å². The highest BCUT2D eigenvalue weighted by molar-refractivity contribution is 7.86. The lowest BCUT2D eigenvalue weighted by Crippen LogP contribution is -2.07. The monoisotopic (exact) mass is 160 g/mol. The second-order valence-electron chi connectivity index (χ2n) is 1.49. The Balaban J connectivity index is 3.75. The molecule has 1 atom stereocenters. The summed E-state index contributed by atoms with van der Waals surface area (Å²) < 4.78 is 30.9. The lowest BCUT2D eigenvalue weighted by molar-refractivity contribution is 0.551. The predicted molar refractivity (Wildman–Crippen MR) is 30.2 cm³/mol. The second kappa shape index (κ2) is 2.64. The molecule has 2 nitrogen and oxygen atoms in total. The molecule has 0 fully saturated rings. The molecule has 0 aromatic rings. The summed E-state index contributed by atoms with van der Waals surface area (Å²) in [5.74, 6) is -0.603. The number of hydrogen-bond donors (Lipinski definition) is 0. The van der Waals surface area contributed by atoms with Crippen LogP contribution in [0, 0.1) is 0 Å². The maximum Gasteiger partial charge on any atom is 0.303 e. The Hall–Kier alpha value is 0.170. The summed E-state index contributed by atoms with van der Waals surface area (Å²) in [6.45, 7) is 1.42. The summed E-state index contributed by atoms with van der Waals surface area (Å²) in [7, 11) is -4.36. The van der Waals surface area contributed by atoms with E-state index in [1.165, 1.54) is 6.92 Å². The van der Waals surface area contributed by atoms with Gasteiger partial charge in [-0.2, -0.15) is 8.42 Å². The molecule has 5 heteroatoms. The molecule has 0 bridgehead atoms. The highest BCUT2D eigenvalue weighted by atomic mass is 35.5. The van der Waals surface area contributed by atoms with E-state index >= 15 is 0 Å². The number of halogens is 2. The molecule has 0 heterocycles. The molecule has 0 rings (SSSR count). The lowest BCUT2D eigenvalue weighted by atomic mass is 10.6. The molecular weight excluding hydrogens is 155 g/mol. The van der Waals surface area contributed by atoms with Gasteiger partial charge in [0.05, 0.1) is 5.75 Å². The smallest absolute Gasteiger partial charge is 0.195 e. The number of alkyl halides is 1. The van der Waals surface area contributed by atoms with Crippen molar-refractivity contribution >= 4 is 21.8 Å². The van der Waals surface area contributed by atoms with Crippen LogP contribution in [-0.4, -0.2) is 19.5 Å². The summed E-state index contributed by atoms with van der Waals surface area (Å²) in [6, 6.07) is 0. The molecular formula is C3H6ClFO2S.